The van der Waals surface area contributed by atoms with Crippen molar-refractivity contribution in [3.05, 3.63) is 11.6 Å². The zero-order valence-electron chi connectivity index (χ0n) is 7.77. The molecule has 0 atom stereocenters. The summed E-state index contributed by atoms with van der Waals surface area (Å²) in [6.45, 7) is 6.29. The highest BCUT2D eigenvalue weighted by molar-refractivity contribution is 5.77. The standard InChI is InChI=1S/C9H17NO/c1-7(2)8(3)5-6-9(11)10-4/h5,7H,6H2,1-4H3,(H,10,11)/b8-5+. The topological polar surface area (TPSA) is 29.1 Å². The van der Waals surface area contributed by atoms with Crippen LogP contribution < -0.4 is 5.32 Å². The van der Waals surface area contributed by atoms with E-state index in [0.717, 1.165) is 0 Å². The fourth-order valence-electron chi connectivity index (χ4n) is 0.591. The van der Waals surface area contributed by atoms with Crippen LogP contribution >= 0.6 is 0 Å². The summed E-state index contributed by atoms with van der Waals surface area (Å²) in [4.78, 5) is 10.8. The van der Waals surface area contributed by atoms with Crippen molar-refractivity contribution in [2.75, 3.05) is 7.05 Å². The molecule has 0 aliphatic rings. The molecule has 64 valence electrons. The Morgan fingerprint density at radius 3 is 2.45 bits per heavy atom. The summed E-state index contributed by atoms with van der Waals surface area (Å²) < 4.78 is 0. The molecule has 1 N–H and O–H groups in total. The molecule has 0 aliphatic carbocycles. The Hall–Kier alpha value is -0.790. The second-order valence-electron chi connectivity index (χ2n) is 2.98. The van der Waals surface area contributed by atoms with Crippen LogP contribution in [0.2, 0.25) is 0 Å². The van der Waals surface area contributed by atoms with Crippen LogP contribution in [0.15, 0.2) is 11.6 Å². The van der Waals surface area contributed by atoms with Crippen LogP contribution in [-0.2, 0) is 4.79 Å². The van der Waals surface area contributed by atoms with E-state index in [1.807, 2.05) is 13.0 Å². The van der Waals surface area contributed by atoms with E-state index in [1.54, 1.807) is 7.05 Å². The van der Waals surface area contributed by atoms with Gasteiger partial charge in [-0.05, 0) is 12.8 Å². The van der Waals surface area contributed by atoms with Gasteiger partial charge in [0.15, 0.2) is 0 Å². The van der Waals surface area contributed by atoms with Gasteiger partial charge < -0.3 is 5.32 Å². The van der Waals surface area contributed by atoms with Crippen LogP contribution in [0.25, 0.3) is 0 Å². The molecule has 1 amide bonds. The summed E-state index contributed by atoms with van der Waals surface area (Å²) in [5.41, 5.74) is 1.27. The van der Waals surface area contributed by atoms with Crippen LogP contribution in [0.1, 0.15) is 27.2 Å². The minimum atomic E-state index is 0.0741. The Morgan fingerprint density at radius 1 is 1.55 bits per heavy atom. The number of carbonyl (C=O) groups excluding carboxylic acids is 1. The zero-order chi connectivity index (χ0) is 8.85. The molecule has 0 aliphatic heterocycles. The Balaban J connectivity index is 3.82. The average Bonchev–Trinajstić information content (AvgIpc) is 1.99. The number of hydrogen-bond donors (Lipinski definition) is 1. The monoisotopic (exact) mass is 155 g/mol. The molecule has 0 saturated carbocycles. The smallest absolute Gasteiger partial charge is 0.223 e. The van der Waals surface area contributed by atoms with Gasteiger partial charge in [0.05, 0.1) is 0 Å². The zero-order valence-corrected chi connectivity index (χ0v) is 7.77. The third kappa shape index (κ3) is 4.59. The van der Waals surface area contributed by atoms with E-state index in [-0.39, 0.29) is 5.91 Å². The second kappa shape index (κ2) is 4.94. The summed E-state index contributed by atoms with van der Waals surface area (Å²) in [6, 6.07) is 0. The van der Waals surface area contributed by atoms with E-state index < -0.39 is 0 Å². The highest BCUT2D eigenvalue weighted by Gasteiger charge is 1.97. The molecule has 0 unspecified atom stereocenters. The summed E-state index contributed by atoms with van der Waals surface area (Å²) >= 11 is 0. The van der Waals surface area contributed by atoms with E-state index in [9.17, 15) is 4.79 Å². The van der Waals surface area contributed by atoms with Gasteiger partial charge in [0.1, 0.15) is 0 Å². The maximum Gasteiger partial charge on any atom is 0.223 e. The molecule has 0 bridgehead atoms. The van der Waals surface area contributed by atoms with Gasteiger partial charge in [0, 0.05) is 13.5 Å². The van der Waals surface area contributed by atoms with Crippen LogP contribution in [0.5, 0.6) is 0 Å². The number of hydrogen-bond acceptors (Lipinski definition) is 1. The average molecular weight is 155 g/mol. The quantitative estimate of drug-likeness (QED) is 0.618. The van der Waals surface area contributed by atoms with Crippen molar-refractivity contribution in [2.24, 2.45) is 5.92 Å². The second-order valence-corrected chi connectivity index (χ2v) is 2.98. The molecule has 2 heteroatoms. The first-order valence-corrected chi connectivity index (χ1v) is 3.95. The third-order valence-corrected chi connectivity index (χ3v) is 1.80. The summed E-state index contributed by atoms with van der Waals surface area (Å²) in [5.74, 6) is 0.615. The Kier molecular flexibility index (Phi) is 4.59. The van der Waals surface area contributed by atoms with Gasteiger partial charge in [0.25, 0.3) is 0 Å². The van der Waals surface area contributed by atoms with Crippen molar-refractivity contribution in [3.8, 4) is 0 Å². The van der Waals surface area contributed by atoms with Crippen molar-refractivity contribution >= 4 is 5.91 Å². The number of amides is 1. The molecule has 0 rings (SSSR count). The van der Waals surface area contributed by atoms with Gasteiger partial charge in [-0.25, -0.2) is 0 Å². The molecule has 11 heavy (non-hydrogen) atoms. The third-order valence-electron chi connectivity index (χ3n) is 1.80. The number of rotatable bonds is 3. The lowest BCUT2D eigenvalue weighted by molar-refractivity contribution is -0.119. The number of nitrogens with one attached hydrogen (secondary N) is 1. The first kappa shape index (κ1) is 10.2. The van der Waals surface area contributed by atoms with Gasteiger partial charge >= 0.3 is 0 Å². The van der Waals surface area contributed by atoms with E-state index in [0.29, 0.717) is 12.3 Å². The van der Waals surface area contributed by atoms with Gasteiger partial charge in [-0.15, -0.1) is 0 Å². The minimum absolute atomic E-state index is 0.0741. The Labute approximate surface area is 68.7 Å². The molecule has 0 radical (unpaired) electrons. The van der Waals surface area contributed by atoms with Crippen LogP contribution in [0.4, 0.5) is 0 Å². The van der Waals surface area contributed by atoms with E-state index in [2.05, 4.69) is 19.2 Å². The van der Waals surface area contributed by atoms with Gasteiger partial charge in [0.2, 0.25) is 5.91 Å². The predicted molar refractivity (Wildman–Crippen MR) is 47.3 cm³/mol. The lowest BCUT2D eigenvalue weighted by Crippen LogP contribution is -2.16. The molecular weight excluding hydrogens is 138 g/mol. The molecule has 2 nitrogen and oxygen atoms in total. The van der Waals surface area contributed by atoms with Crippen molar-refractivity contribution in [3.63, 3.8) is 0 Å². The van der Waals surface area contributed by atoms with Gasteiger partial charge in [-0.2, -0.15) is 0 Å². The minimum Gasteiger partial charge on any atom is -0.359 e. The van der Waals surface area contributed by atoms with Crippen molar-refractivity contribution in [1.29, 1.82) is 0 Å². The van der Waals surface area contributed by atoms with E-state index in [1.165, 1.54) is 5.57 Å². The molecule has 0 aromatic heterocycles. The SMILES string of the molecule is CNC(=O)C/C=C(\C)C(C)C. The normalized spacial score (nSPS) is 11.9. The highest BCUT2D eigenvalue weighted by atomic mass is 16.1. The highest BCUT2D eigenvalue weighted by Crippen LogP contribution is 2.08. The van der Waals surface area contributed by atoms with Gasteiger partial charge in [-0.1, -0.05) is 25.5 Å². The fourth-order valence-corrected chi connectivity index (χ4v) is 0.591. The summed E-state index contributed by atoms with van der Waals surface area (Å²) in [7, 11) is 1.65. The van der Waals surface area contributed by atoms with E-state index >= 15 is 0 Å². The Bertz CT molecular complexity index is 159. The number of allylic oxidation sites excluding steroid dienone is 1. The van der Waals surface area contributed by atoms with E-state index in [4.69, 9.17) is 0 Å². The predicted octanol–water partition coefficient (Wildman–Crippen LogP) is 1.72. The largest absolute Gasteiger partial charge is 0.359 e. The number of carbonyl (C=O) groups is 1. The molecule has 0 aromatic rings. The lowest BCUT2D eigenvalue weighted by Gasteiger charge is -2.03. The van der Waals surface area contributed by atoms with Crippen LogP contribution in [0, 0.1) is 5.92 Å². The van der Waals surface area contributed by atoms with Crippen molar-refractivity contribution in [2.45, 2.75) is 27.2 Å². The summed E-state index contributed by atoms with van der Waals surface area (Å²) in [6.07, 6.45) is 2.48. The first-order chi connectivity index (χ1) is 5.07. The first-order valence-electron chi connectivity index (χ1n) is 3.95. The molecule has 0 fully saturated rings. The maximum atomic E-state index is 10.8. The van der Waals surface area contributed by atoms with Crippen LogP contribution in [0.3, 0.4) is 0 Å². The molecule has 0 heterocycles. The van der Waals surface area contributed by atoms with Crippen LogP contribution in [-0.4, -0.2) is 13.0 Å². The summed E-state index contributed by atoms with van der Waals surface area (Å²) in [5, 5.41) is 2.58. The van der Waals surface area contributed by atoms with Crippen molar-refractivity contribution in [1.82, 2.24) is 5.32 Å². The maximum absolute atomic E-state index is 10.8. The molecule has 0 aromatic carbocycles. The molecule has 0 saturated heterocycles. The fraction of sp³-hybridized carbons (Fsp3) is 0.667. The molecular formula is C9H17NO. The Morgan fingerprint density at radius 2 is 2.09 bits per heavy atom. The lowest BCUT2D eigenvalue weighted by atomic mass is 10.0. The van der Waals surface area contributed by atoms with Gasteiger partial charge in [-0.3, -0.25) is 4.79 Å². The van der Waals surface area contributed by atoms with Crippen molar-refractivity contribution < 1.29 is 4.79 Å². The molecule has 0 spiro atoms.